The predicted molar refractivity (Wildman–Crippen MR) is 175 cm³/mol. The molecule has 0 aliphatic carbocycles. The number of carboxylic acid groups (broad SMARTS) is 1. The molecular weight excluding hydrogens is 652 g/mol. The van der Waals surface area contributed by atoms with Crippen LogP contribution < -0.4 is 39.7 Å². The molecule has 10 nitrogen and oxygen atoms in total. The van der Waals surface area contributed by atoms with E-state index in [1.165, 1.54) is 12.1 Å². The molecule has 0 fully saturated rings. The normalized spacial score (nSPS) is 17.7. The maximum Gasteiger partial charge on any atom is 1.00 e. The average Bonchev–Trinajstić information content (AvgIpc) is 3.34. The van der Waals surface area contributed by atoms with E-state index in [1.807, 2.05) is 52.0 Å². The van der Waals surface area contributed by atoms with E-state index < -0.39 is 21.5 Å². The topological polar surface area (TPSA) is 142 Å². The van der Waals surface area contributed by atoms with Crippen LogP contribution in [0.5, 0.6) is 0 Å². The van der Waals surface area contributed by atoms with Gasteiger partial charge in [-0.25, -0.2) is 8.42 Å². The van der Waals surface area contributed by atoms with Gasteiger partial charge < -0.3 is 19.8 Å². The van der Waals surface area contributed by atoms with Crippen LogP contribution >= 0.6 is 12.0 Å². The Kier molecular flexibility index (Phi) is 13.3. The Labute approximate surface area is 304 Å². The van der Waals surface area contributed by atoms with Crippen molar-refractivity contribution in [3.63, 3.8) is 0 Å². The Hall–Kier alpha value is -2.26. The summed E-state index contributed by atoms with van der Waals surface area (Å²) >= 11 is 0.852. The number of benzene rings is 2. The molecule has 0 spiro atoms. The molecule has 2 aromatic rings. The minimum atomic E-state index is -4.58. The summed E-state index contributed by atoms with van der Waals surface area (Å²) in [6.07, 6.45) is 10.6. The van der Waals surface area contributed by atoms with Crippen molar-refractivity contribution >= 4 is 45.2 Å². The van der Waals surface area contributed by atoms with Gasteiger partial charge in [-0.2, -0.15) is 8.91 Å². The molecule has 2 aliphatic heterocycles. The van der Waals surface area contributed by atoms with Crippen LogP contribution in [0.1, 0.15) is 78.4 Å². The third kappa shape index (κ3) is 8.67. The van der Waals surface area contributed by atoms with Crippen LogP contribution in [-0.4, -0.2) is 47.4 Å². The van der Waals surface area contributed by atoms with Crippen molar-refractivity contribution in [1.82, 2.24) is 0 Å². The SMILES string of the molecule is CCN1/C(=C/C=C(C)/C=C/C2=[N+](CCCCCC(=O)O)c3ccc(SOO[O-])cc3C2(C)C)C(C)(C)c2cc(S(=O)(=O)[O-])ccc21.[Na+]. The molecule has 0 aromatic heterocycles. The van der Waals surface area contributed by atoms with E-state index in [2.05, 4.69) is 50.9 Å². The van der Waals surface area contributed by atoms with Crippen LogP contribution in [0.15, 0.2) is 81.8 Å². The van der Waals surface area contributed by atoms with E-state index in [-0.39, 0.29) is 46.3 Å². The fraction of sp³-hybridized carbons (Fsp3) is 0.412. The Morgan fingerprint density at radius 1 is 1.06 bits per heavy atom. The zero-order valence-corrected chi connectivity index (χ0v) is 31.7. The van der Waals surface area contributed by atoms with Gasteiger partial charge in [0.1, 0.15) is 16.7 Å². The van der Waals surface area contributed by atoms with Gasteiger partial charge in [0.25, 0.3) is 0 Å². The molecule has 0 bridgehead atoms. The van der Waals surface area contributed by atoms with Gasteiger partial charge in [-0.1, -0.05) is 31.6 Å². The summed E-state index contributed by atoms with van der Waals surface area (Å²) in [5.74, 6) is -0.790. The molecule has 0 radical (unpaired) electrons. The van der Waals surface area contributed by atoms with Gasteiger partial charge in [0.15, 0.2) is 5.71 Å². The van der Waals surface area contributed by atoms with Gasteiger partial charge in [0.05, 0.1) is 22.4 Å². The summed E-state index contributed by atoms with van der Waals surface area (Å²) < 4.78 is 42.0. The Morgan fingerprint density at radius 3 is 2.43 bits per heavy atom. The minimum absolute atomic E-state index is 0. The van der Waals surface area contributed by atoms with Gasteiger partial charge in [0, 0.05) is 58.8 Å². The summed E-state index contributed by atoms with van der Waals surface area (Å²) in [5.41, 5.74) is 5.97. The van der Waals surface area contributed by atoms with Gasteiger partial charge >= 0.3 is 35.5 Å². The molecule has 0 atom stereocenters. The first-order chi connectivity index (χ1) is 21.6. The Balaban J connectivity index is 0.00000600. The van der Waals surface area contributed by atoms with Crippen LogP contribution in [0.2, 0.25) is 0 Å². The number of fused-ring (bicyclic) bond motifs is 2. The molecule has 2 aromatic carbocycles. The number of hydrogen-bond donors (Lipinski definition) is 1. The smallest absolute Gasteiger partial charge is 0.744 e. The van der Waals surface area contributed by atoms with Crippen molar-refractivity contribution in [3.05, 3.63) is 83.1 Å². The molecule has 2 heterocycles. The number of nitrogens with zero attached hydrogens (tertiary/aromatic N) is 2. The van der Waals surface area contributed by atoms with Crippen molar-refractivity contribution in [2.24, 2.45) is 0 Å². The van der Waals surface area contributed by atoms with Crippen molar-refractivity contribution in [3.8, 4) is 0 Å². The van der Waals surface area contributed by atoms with Crippen LogP contribution in [0.25, 0.3) is 0 Å². The molecule has 0 saturated heterocycles. The number of carbonyl (C=O) groups is 1. The first-order valence-corrected chi connectivity index (χ1v) is 17.4. The number of allylic oxidation sites excluding steroid dienone is 6. The summed E-state index contributed by atoms with van der Waals surface area (Å²) in [4.78, 5) is 13.6. The van der Waals surface area contributed by atoms with E-state index >= 15 is 0 Å². The van der Waals surface area contributed by atoms with Gasteiger partial charge in [0.2, 0.25) is 5.69 Å². The Bertz CT molecular complexity index is 1730. The first-order valence-electron chi connectivity index (χ1n) is 15.2. The largest absolute Gasteiger partial charge is 1.00 e. The fourth-order valence-electron chi connectivity index (χ4n) is 6.35. The maximum atomic E-state index is 11.7. The predicted octanol–water partition coefficient (Wildman–Crippen LogP) is 3.05. The molecule has 1 N–H and O–H groups in total. The molecular formula is C34H41N2NaO8S2. The van der Waals surface area contributed by atoms with Crippen molar-refractivity contribution in [1.29, 1.82) is 0 Å². The van der Waals surface area contributed by atoms with Crippen LogP contribution in [0.3, 0.4) is 0 Å². The Morgan fingerprint density at radius 2 is 1.79 bits per heavy atom. The second kappa shape index (κ2) is 16.0. The molecule has 248 valence electrons. The second-order valence-electron chi connectivity index (χ2n) is 12.6. The maximum absolute atomic E-state index is 11.7. The van der Waals surface area contributed by atoms with Crippen LogP contribution in [0, 0.1) is 0 Å². The van der Waals surface area contributed by atoms with E-state index in [0.29, 0.717) is 19.5 Å². The summed E-state index contributed by atoms with van der Waals surface area (Å²) in [6, 6.07) is 10.4. The van der Waals surface area contributed by atoms with E-state index in [1.54, 1.807) is 6.07 Å². The van der Waals surface area contributed by atoms with Crippen LogP contribution in [0.4, 0.5) is 11.4 Å². The van der Waals surface area contributed by atoms with E-state index in [9.17, 15) is 23.0 Å². The molecule has 4 rings (SSSR count). The molecule has 0 unspecified atom stereocenters. The fourth-order valence-corrected chi connectivity index (χ4v) is 7.24. The number of unbranched alkanes of at least 4 members (excludes halogenated alkanes) is 2. The van der Waals surface area contributed by atoms with Gasteiger partial charge in [-0.3, -0.25) is 9.83 Å². The molecule has 2 aliphatic rings. The van der Waals surface area contributed by atoms with Crippen LogP contribution in [-0.2, 0) is 35.1 Å². The van der Waals surface area contributed by atoms with Crippen molar-refractivity contribution in [2.75, 3.05) is 18.0 Å². The first kappa shape index (κ1) is 39.2. The van der Waals surface area contributed by atoms with Crippen molar-refractivity contribution in [2.45, 2.75) is 87.8 Å². The van der Waals surface area contributed by atoms with E-state index in [0.717, 1.165) is 69.3 Å². The zero-order valence-electron chi connectivity index (χ0n) is 28.0. The second-order valence-corrected chi connectivity index (χ2v) is 14.7. The average molecular weight is 693 g/mol. The summed E-state index contributed by atoms with van der Waals surface area (Å²) in [6.45, 7) is 13.8. The number of anilines is 1. The summed E-state index contributed by atoms with van der Waals surface area (Å²) in [5, 5.41) is 23.0. The molecule has 0 saturated carbocycles. The third-order valence-electron chi connectivity index (χ3n) is 8.77. The zero-order chi connectivity index (χ0) is 33.9. The van der Waals surface area contributed by atoms with Gasteiger partial charge in [-0.05, 0) is 82.5 Å². The third-order valence-corrected chi connectivity index (χ3v) is 10.2. The minimum Gasteiger partial charge on any atom is -0.744 e. The number of hydrogen-bond acceptors (Lipinski definition) is 9. The number of likely N-dealkylation sites (N-methyl/N-ethyl adjacent to an activating group) is 1. The number of rotatable bonds is 14. The monoisotopic (exact) mass is 692 g/mol. The van der Waals surface area contributed by atoms with E-state index in [4.69, 9.17) is 5.11 Å². The molecule has 0 amide bonds. The number of carboxylic acids is 1. The quantitative estimate of drug-likeness (QED) is 0.0459. The van der Waals surface area contributed by atoms with Crippen molar-refractivity contribution < 1.29 is 71.6 Å². The standard InChI is InChI=1S/C34H42N2O8S2.Na/c1-7-35-28-17-15-25(46(40,41)42)22-27(28)34(5,6)30(35)18-12-23(2)13-19-31-33(3,4)26-21-24(45-44-43-39)14-16-29(26)36(31)20-10-8-9-11-32(37)38;/h12-19,21-22H,7-11,20H2,1-6H3,(H2-,37,38,39,40,41,42);/q;+1/p-1. The molecule has 13 heteroatoms. The molecule has 47 heavy (non-hydrogen) atoms. The summed E-state index contributed by atoms with van der Waals surface area (Å²) in [7, 11) is -4.58. The van der Waals surface area contributed by atoms with Gasteiger partial charge in [-0.15, -0.1) is 0 Å². The number of aliphatic carboxylic acids is 1.